The van der Waals surface area contributed by atoms with E-state index in [-0.39, 0.29) is 12.6 Å². The van der Waals surface area contributed by atoms with E-state index in [1.807, 2.05) is 24.3 Å². The third kappa shape index (κ3) is 3.45. The summed E-state index contributed by atoms with van der Waals surface area (Å²) in [6, 6.07) is 7.83. The lowest BCUT2D eigenvalue weighted by molar-refractivity contribution is 0.209. The number of hydrogen-bond acceptors (Lipinski definition) is 3. The van der Waals surface area contributed by atoms with Gasteiger partial charge in [0.1, 0.15) is 5.75 Å². The molecule has 3 nitrogen and oxygen atoms in total. The fourth-order valence-corrected chi connectivity index (χ4v) is 2.32. The average Bonchev–Trinajstić information content (AvgIpc) is 2.82. The molecule has 1 saturated carbocycles. The lowest BCUT2D eigenvalue weighted by Gasteiger charge is -2.16. The Morgan fingerprint density at radius 3 is 2.82 bits per heavy atom. The second kappa shape index (κ2) is 6.03. The Morgan fingerprint density at radius 2 is 2.12 bits per heavy atom. The van der Waals surface area contributed by atoms with Crippen LogP contribution in [-0.4, -0.2) is 17.8 Å². The van der Waals surface area contributed by atoms with Crippen molar-refractivity contribution in [3.63, 3.8) is 0 Å². The Bertz CT molecular complexity index is 348. The van der Waals surface area contributed by atoms with Crippen molar-refractivity contribution in [1.29, 1.82) is 0 Å². The van der Waals surface area contributed by atoms with Gasteiger partial charge in [0, 0.05) is 12.6 Å². The fourth-order valence-electron chi connectivity index (χ4n) is 2.32. The molecule has 0 heterocycles. The molecule has 0 radical (unpaired) electrons. The molecule has 0 amide bonds. The summed E-state index contributed by atoms with van der Waals surface area (Å²) in [6.07, 6.45) is 5.83. The predicted octanol–water partition coefficient (Wildman–Crippen LogP) is 2.39. The molecule has 94 valence electrons. The molecule has 1 aromatic rings. The first kappa shape index (κ1) is 12.4. The van der Waals surface area contributed by atoms with Gasteiger partial charge in [-0.05, 0) is 49.8 Å². The van der Waals surface area contributed by atoms with E-state index in [4.69, 9.17) is 15.6 Å². The highest BCUT2D eigenvalue weighted by Gasteiger charge is 2.16. The van der Waals surface area contributed by atoms with E-state index < -0.39 is 0 Å². The summed E-state index contributed by atoms with van der Waals surface area (Å²) in [4.78, 5) is 0. The third-order valence-corrected chi connectivity index (χ3v) is 3.33. The molecular formula is C14H21NO2. The minimum absolute atomic E-state index is 0.105. The summed E-state index contributed by atoms with van der Waals surface area (Å²) in [7, 11) is 0. The van der Waals surface area contributed by atoms with Gasteiger partial charge in [-0.15, -0.1) is 0 Å². The molecule has 0 spiro atoms. The first-order chi connectivity index (χ1) is 8.29. The molecule has 1 aromatic carbocycles. The van der Waals surface area contributed by atoms with Gasteiger partial charge in [0.05, 0.1) is 6.10 Å². The SMILES string of the molecule is NC(CCO)c1cccc(OC2CCCC2)c1. The molecule has 1 fully saturated rings. The van der Waals surface area contributed by atoms with Crippen molar-refractivity contribution >= 4 is 0 Å². The largest absolute Gasteiger partial charge is 0.490 e. The summed E-state index contributed by atoms with van der Waals surface area (Å²) >= 11 is 0. The van der Waals surface area contributed by atoms with Crippen LogP contribution < -0.4 is 10.5 Å². The van der Waals surface area contributed by atoms with Crippen LogP contribution in [0.5, 0.6) is 5.75 Å². The van der Waals surface area contributed by atoms with Gasteiger partial charge in [0.15, 0.2) is 0 Å². The Hall–Kier alpha value is -1.06. The van der Waals surface area contributed by atoms with E-state index in [0.29, 0.717) is 12.5 Å². The predicted molar refractivity (Wildman–Crippen MR) is 68.0 cm³/mol. The van der Waals surface area contributed by atoms with Gasteiger partial charge in [-0.2, -0.15) is 0 Å². The van der Waals surface area contributed by atoms with Gasteiger partial charge in [0.2, 0.25) is 0 Å². The Kier molecular flexibility index (Phi) is 4.40. The monoisotopic (exact) mass is 235 g/mol. The lowest BCUT2D eigenvalue weighted by atomic mass is 10.1. The highest BCUT2D eigenvalue weighted by Crippen LogP contribution is 2.26. The van der Waals surface area contributed by atoms with Crippen molar-refractivity contribution in [1.82, 2.24) is 0 Å². The highest BCUT2D eigenvalue weighted by atomic mass is 16.5. The number of ether oxygens (including phenoxy) is 1. The van der Waals surface area contributed by atoms with Crippen LogP contribution in [0, 0.1) is 0 Å². The maximum absolute atomic E-state index is 8.89. The molecule has 1 atom stereocenters. The van der Waals surface area contributed by atoms with Crippen LogP contribution in [0.2, 0.25) is 0 Å². The van der Waals surface area contributed by atoms with E-state index in [0.717, 1.165) is 24.2 Å². The van der Waals surface area contributed by atoms with Crippen molar-refractivity contribution in [2.24, 2.45) is 5.73 Å². The van der Waals surface area contributed by atoms with Crippen LogP contribution in [0.25, 0.3) is 0 Å². The van der Waals surface area contributed by atoms with E-state index in [1.165, 1.54) is 12.8 Å². The van der Waals surface area contributed by atoms with Gasteiger partial charge in [-0.3, -0.25) is 0 Å². The van der Waals surface area contributed by atoms with Gasteiger partial charge < -0.3 is 15.6 Å². The van der Waals surface area contributed by atoms with E-state index in [1.54, 1.807) is 0 Å². The maximum atomic E-state index is 8.89. The summed E-state index contributed by atoms with van der Waals surface area (Å²) in [5.41, 5.74) is 7.00. The fraction of sp³-hybridized carbons (Fsp3) is 0.571. The topological polar surface area (TPSA) is 55.5 Å². The molecule has 3 N–H and O–H groups in total. The molecule has 0 bridgehead atoms. The highest BCUT2D eigenvalue weighted by molar-refractivity contribution is 5.30. The van der Waals surface area contributed by atoms with E-state index in [9.17, 15) is 0 Å². The first-order valence-corrected chi connectivity index (χ1v) is 6.42. The quantitative estimate of drug-likeness (QED) is 0.824. The Morgan fingerprint density at radius 1 is 1.35 bits per heavy atom. The minimum Gasteiger partial charge on any atom is -0.490 e. The summed E-state index contributed by atoms with van der Waals surface area (Å²) in [6.45, 7) is 0.120. The normalized spacial score (nSPS) is 18.2. The van der Waals surface area contributed by atoms with Crippen molar-refractivity contribution in [3.05, 3.63) is 29.8 Å². The van der Waals surface area contributed by atoms with Crippen LogP contribution in [0.4, 0.5) is 0 Å². The lowest BCUT2D eigenvalue weighted by Crippen LogP contribution is -2.14. The number of aliphatic hydroxyl groups is 1. The molecule has 0 aromatic heterocycles. The summed E-state index contributed by atoms with van der Waals surface area (Å²) < 4.78 is 5.93. The smallest absolute Gasteiger partial charge is 0.120 e. The number of hydrogen-bond donors (Lipinski definition) is 2. The number of aliphatic hydroxyl groups excluding tert-OH is 1. The third-order valence-electron chi connectivity index (χ3n) is 3.33. The molecule has 1 unspecified atom stereocenters. The van der Waals surface area contributed by atoms with Crippen LogP contribution in [-0.2, 0) is 0 Å². The van der Waals surface area contributed by atoms with E-state index >= 15 is 0 Å². The molecule has 0 saturated heterocycles. The number of rotatable bonds is 5. The number of benzene rings is 1. The first-order valence-electron chi connectivity index (χ1n) is 6.42. The van der Waals surface area contributed by atoms with Gasteiger partial charge in [0.25, 0.3) is 0 Å². The zero-order valence-electron chi connectivity index (χ0n) is 10.1. The second-order valence-electron chi connectivity index (χ2n) is 4.72. The average molecular weight is 235 g/mol. The van der Waals surface area contributed by atoms with Crippen LogP contribution >= 0.6 is 0 Å². The zero-order chi connectivity index (χ0) is 12.1. The Balaban J connectivity index is 2.00. The van der Waals surface area contributed by atoms with Crippen molar-refractivity contribution in [3.8, 4) is 5.75 Å². The van der Waals surface area contributed by atoms with Crippen molar-refractivity contribution in [2.45, 2.75) is 44.2 Å². The molecule has 17 heavy (non-hydrogen) atoms. The number of nitrogens with two attached hydrogens (primary N) is 1. The van der Waals surface area contributed by atoms with Crippen LogP contribution in [0.1, 0.15) is 43.7 Å². The maximum Gasteiger partial charge on any atom is 0.120 e. The molecular weight excluding hydrogens is 214 g/mol. The second-order valence-corrected chi connectivity index (χ2v) is 4.72. The van der Waals surface area contributed by atoms with Crippen LogP contribution in [0.3, 0.4) is 0 Å². The molecule has 3 heteroatoms. The summed E-state index contributed by atoms with van der Waals surface area (Å²) in [5, 5.41) is 8.89. The van der Waals surface area contributed by atoms with Crippen LogP contribution in [0.15, 0.2) is 24.3 Å². The molecule has 1 aliphatic rings. The van der Waals surface area contributed by atoms with Gasteiger partial charge in [-0.25, -0.2) is 0 Å². The summed E-state index contributed by atoms with van der Waals surface area (Å²) in [5.74, 6) is 0.905. The standard InChI is InChI=1S/C14H21NO2/c15-14(8-9-16)11-4-3-7-13(10-11)17-12-5-1-2-6-12/h3-4,7,10,12,14,16H,1-2,5-6,8-9,15H2. The van der Waals surface area contributed by atoms with Gasteiger partial charge >= 0.3 is 0 Å². The zero-order valence-corrected chi connectivity index (χ0v) is 10.1. The molecule has 2 rings (SSSR count). The molecule has 1 aliphatic carbocycles. The van der Waals surface area contributed by atoms with Gasteiger partial charge in [-0.1, -0.05) is 12.1 Å². The van der Waals surface area contributed by atoms with Crippen molar-refractivity contribution in [2.75, 3.05) is 6.61 Å². The van der Waals surface area contributed by atoms with E-state index in [2.05, 4.69) is 0 Å². The van der Waals surface area contributed by atoms with Crippen molar-refractivity contribution < 1.29 is 9.84 Å². The minimum atomic E-state index is -0.105. The molecule has 0 aliphatic heterocycles. The Labute approximate surface area is 103 Å².